The standard InChI is InChI=1S/C12H9BrClFOS/c1-6-8(5-11(13)17-6)12(16)7-2-3-9(14)10(15)4-7/h2-5,12,16H,1H3. The summed E-state index contributed by atoms with van der Waals surface area (Å²) in [6.07, 6.45) is -0.829. The molecule has 1 aromatic carbocycles. The lowest BCUT2D eigenvalue weighted by Crippen LogP contribution is -2.00. The van der Waals surface area contributed by atoms with E-state index in [9.17, 15) is 9.50 Å². The second-order valence-corrected chi connectivity index (χ2v) is 6.68. The number of rotatable bonds is 2. The summed E-state index contributed by atoms with van der Waals surface area (Å²) < 4.78 is 14.3. The summed E-state index contributed by atoms with van der Waals surface area (Å²) in [5.41, 5.74) is 1.28. The lowest BCUT2D eigenvalue weighted by Gasteiger charge is -2.11. The van der Waals surface area contributed by atoms with Crippen LogP contribution in [0, 0.1) is 12.7 Å². The van der Waals surface area contributed by atoms with E-state index in [-0.39, 0.29) is 5.02 Å². The number of thiophene rings is 1. The molecule has 0 aliphatic carbocycles. The molecule has 1 nitrogen and oxygen atoms in total. The molecule has 2 aromatic rings. The van der Waals surface area contributed by atoms with Crippen LogP contribution in [-0.4, -0.2) is 5.11 Å². The van der Waals surface area contributed by atoms with E-state index < -0.39 is 11.9 Å². The minimum Gasteiger partial charge on any atom is -0.384 e. The van der Waals surface area contributed by atoms with Crippen molar-refractivity contribution in [2.75, 3.05) is 0 Å². The molecule has 0 radical (unpaired) electrons. The summed E-state index contributed by atoms with van der Waals surface area (Å²) in [5.74, 6) is -0.518. The molecule has 5 heteroatoms. The second-order valence-electron chi connectivity index (χ2n) is 3.64. The van der Waals surface area contributed by atoms with Crippen molar-refractivity contribution in [2.45, 2.75) is 13.0 Å². The van der Waals surface area contributed by atoms with Crippen LogP contribution in [0.4, 0.5) is 4.39 Å². The number of benzene rings is 1. The van der Waals surface area contributed by atoms with Crippen molar-refractivity contribution in [1.82, 2.24) is 0 Å². The van der Waals surface area contributed by atoms with E-state index in [4.69, 9.17) is 11.6 Å². The molecule has 90 valence electrons. The van der Waals surface area contributed by atoms with Gasteiger partial charge in [0.15, 0.2) is 0 Å². The SMILES string of the molecule is Cc1sc(Br)cc1C(O)c1ccc(Cl)c(F)c1. The molecule has 0 saturated carbocycles. The molecule has 0 fully saturated rings. The third kappa shape index (κ3) is 2.71. The predicted octanol–water partition coefficient (Wildman–Crippen LogP) is 4.69. The van der Waals surface area contributed by atoms with Crippen LogP contribution in [0.1, 0.15) is 22.1 Å². The number of aryl methyl sites for hydroxylation is 1. The van der Waals surface area contributed by atoms with E-state index in [1.165, 1.54) is 23.5 Å². The van der Waals surface area contributed by atoms with E-state index in [1.807, 2.05) is 13.0 Å². The highest BCUT2D eigenvalue weighted by molar-refractivity contribution is 9.11. The molecule has 0 amide bonds. The van der Waals surface area contributed by atoms with Crippen LogP contribution < -0.4 is 0 Å². The molecule has 1 aromatic heterocycles. The third-order valence-corrected chi connectivity index (χ3v) is 4.36. The van der Waals surface area contributed by atoms with E-state index in [0.717, 1.165) is 14.2 Å². The monoisotopic (exact) mass is 334 g/mol. The minimum absolute atomic E-state index is 0.0594. The smallest absolute Gasteiger partial charge is 0.142 e. The Bertz CT molecular complexity index is 555. The van der Waals surface area contributed by atoms with Crippen LogP contribution in [0.3, 0.4) is 0 Å². The Hall–Kier alpha value is -0.420. The highest BCUT2D eigenvalue weighted by Gasteiger charge is 2.16. The van der Waals surface area contributed by atoms with E-state index in [2.05, 4.69) is 15.9 Å². The maximum Gasteiger partial charge on any atom is 0.142 e. The lowest BCUT2D eigenvalue weighted by atomic mass is 10.0. The lowest BCUT2D eigenvalue weighted by molar-refractivity contribution is 0.219. The Morgan fingerprint density at radius 3 is 2.65 bits per heavy atom. The van der Waals surface area contributed by atoms with Gasteiger partial charge >= 0.3 is 0 Å². The summed E-state index contributed by atoms with van der Waals surface area (Å²) in [4.78, 5) is 1.000. The Morgan fingerprint density at radius 2 is 2.12 bits per heavy atom. The highest BCUT2D eigenvalue weighted by Crippen LogP contribution is 2.34. The number of aliphatic hydroxyl groups is 1. The van der Waals surface area contributed by atoms with Crippen molar-refractivity contribution in [1.29, 1.82) is 0 Å². The summed E-state index contributed by atoms with van der Waals surface area (Å²) in [6.45, 7) is 1.92. The molecule has 0 spiro atoms. The number of halogens is 3. The zero-order valence-electron chi connectivity index (χ0n) is 8.88. The molecule has 2 rings (SSSR count). The second kappa shape index (κ2) is 5.06. The van der Waals surface area contributed by atoms with Crippen LogP contribution in [-0.2, 0) is 0 Å². The van der Waals surface area contributed by atoms with Crippen LogP contribution in [0.25, 0.3) is 0 Å². The van der Waals surface area contributed by atoms with Gasteiger partial charge < -0.3 is 5.11 Å². The van der Waals surface area contributed by atoms with Crippen LogP contribution >= 0.6 is 38.9 Å². The van der Waals surface area contributed by atoms with Gasteiger partial charge in [-0.15, -0.1) is 11.3 Å². The topological polar surface area (TPSA) is 20.2 Å². The third-order valence-electron chi connectivity index (χ3n) is 2.48. The van der Waals surface area contributed by atoms with Crippen LogP contribution in [0.5, 0.6) is 0 Å². The first-order valence-corrected chi connectivity index (χ1v) is 6.86. The molecule has 0 saturated heterocycles. The summed E-state index contributed by atoms with van der Waals surface area (Å²) in [5, 5.41) is 10.2. The van der Waals surface area contributed by atoms with Gasteiger partial charge in [-0.2, -0.15) is 0 Å². The minimum atomic E-state index is -0.829. The fourth-order valence-corrected chi connectivity index (χ4v) is 3.45. The molecule has 17 heavy (non-hydrogen) atoms. The molecular formula is C12H9BrClFOS. The molecule has 0 aliphatic heterocycles. The van der Waals surface area contributed by atoms with Gasteiger partial charge in [-0.3, -0.25) is 0 Å². The van der Waals surface area contributed by atoms with Crippen molar-refractivity contribution < 1.29 is 9.50 Å². The summed E-state index contributed by atoms with van der Waals surface area (Å²) in [7, 11) is 0. The van der Waals surface area contributed by atoms with Crippen molar-refractivity contribution in [3.05, 3.63) is 54.9 Å². The Morgan fingerprint density at radius 1 is 1.41 bits per heavy atom. The van der Waals surface area contributed by atoms with Crippen molar-refractivity contribution in [2.24, 2.45) is 0 Å². The quantitative estimate of drug-likeness (QED) is 0.844. The zero-order chi connectivity index (χ0) is 12.6. The molecule has 0 bridgehead atoms. The van der Waals surface area contributed by atoms with Gasteiger partial charge in [-0.1, -0.05) is 17.7 Å². The molecule has 1 N–H and O–H groups in total. The van der Waals surface area contributed by atoms with E-state index >= 15 is 0 Å². The van der Waals surface area contributed by atoms with Gasteiger partial charge in [-0.25, -0.2) is 4.39 Å². The molecule has 1 unspecified atom stereocenters. The normalized spacial score (nSPS) is 12.8. The van der Waals surface area contributed by atoms with Crippen molar-refractivity contribution >= 4 is 38.9 Å². The number of hydrogen-bond acceptors (Lipinski definition) is 2. The number of aliphatic hydroxyl groups excluding tert-OH is 1. The Labute approximate surface area is 116 Å². The fraction of sp³-hybridized carbons (Fsp3) is 0.167. The van der Waals surface area contributed by atoms with Gasteiger partial charge in [0, 0.05) is 4.88 Å². The molecule has 0 aliphatic rings. The highest BCUT2D eigenvalue weighted by atomic mass is 79.9. The van der Waals surface area contributed by atoms with Gasteiger partial charge in [0.1, 0.15) is 11.9 Å². The molecule has 1 heterocycles. The van der Waals surface area contributed by atoms with E-state index in [1.54, 1.807) is 6.07 Å². The van der Waals surface area contributed by atoms with Crippen LogP contribution in [0.15, 0.2) is 28.1 Å². The maximum absolute atomic E-state index is 13.3. The van der Waals surface area contributed by atoms with Crippen molar-refractivity contribution in [3.63, 3.8) is 0 Å². The van der Waals surface area contributed by atoms with Gasteiger partial charge in [0.05, 0.1) is 8.81 Å². The Kier molecular flexibility index (Phi) is 3.88. The zero-order valence-corrected chi connectivity index (χ0v) is 12.0. The largest absolute Gasteiger partial charge is 0.384 e. The fourth-order valence-electron chi connectivity index (χ4n) is 1.59. The average Bonchev–Trinajstić information content (AvgIpc) is 2.61. The predicted molar refractivity (Wildman–Crippen MR) is 72.2 cm³/mol. The van der Waals surface area contributed by atoms with Gasteiger partial charge in [-0.05, 0) is 52.2 Å². The maximum atomic E-state index is 13.3. The Balaban J connectivity index is 2.40. The summed E-state index contributed by atoms with van der Waals surface area (Å²) in [6, 6.07) is 6.18. The number of hydrogen-bond donors (Lipinski definition) is 1. The van der Waals surface area contributed by atoms with Crippen LogP contribution in [0.2, 0.25) is 5.02 Å². The first-order chi connectivity index (χ1) is 7.99. The molecule has 1 atom stereocenters. The summed E-state index contributed by atoms with van der Waals surface area (Å²) >= 11 is 10.5. The van der Waals surface area contributed by atoms with Gasteiger partial charge in [0.25, 0.3) is 0 Å². The first kappa shape index (κ1) is 13.0. The van der Waals surface area contributed by atoms with E-state index in [0.29, 0.717) is 5.56 Å². The average molecular weight is 336 g/mol. The van der Waals surface area contributed by atoms with Gasteiger partial charge in [0.2, 0.25) is 0 Å². The molecular weight excluding hydrogens is 327 g/mol. The van der Waals surface area contributed by atoms with Crippen molar-refractivity contribution in [3.8, 4) is 0 Å². The first-order valence-electron chi connectivity index (χ1n) is 4.88.